The average molecular weight is 221 g/mol. The number of hydrogen-bond acceptors (Lipinski definition) is 2. The highest BCUT2D eigenvalue weighted by Gasteiger charge is 2.25. The van der Waals surface area contributed by atoms with E-state index in [-0.39, 0.29) is 5.41 Å². The lowest BCUT2D eigenvalue weighted by Gasteiger charge is -2.32. The van der Waals surface area contributed by atoms with Gasteiger partial charge in [-0.2, -0.15) is 5.10 Å². The SMILES string of the molecule is CC(C)N1CCCn2nc(C(C)(C)C)cc21. The number of rotatable bonds is 1. The highest BCUT2D eigenvalue weighted by molar-refractivity contribution is 5.44. The Hall–Kier alpha value is -0.990. The molecule has 0 spiro atoms. The molecular formula is C13H23N3. The van der Waals surface area contributed by atoms with Gasteiger partial charge in [0.2, 0.25) is 0 Å². The molecule has 16 heavy (non-hydrogen) atoms. The van der Waals surface area contributed by atoms with Gasteiger partial charge in [0.05, 0.1) is 5.69 Å². The van der Waals surface area contributed by atoms with E-state index in [1.54, 1.807) is 0 Å². The van der Waals surface area contributed by atoms with E-state index in [2.05, 4.69) is 50.3 Å². The Balaban J connectivity index is 2.38. The third kappa shape index (κ3) is 1.95. The molecule has 2 heterocycles. The minimum absolute atomic E-state index is 0.146. The van der Waals surface area contributed by atoms with Crippen molar-refractivity contribution < 1.29 is 0 Å². The van der Waals surface area contributed by atoms with E-state index in [0.717, 1.165) is 13.1 Å². The molecule has 90 valence electrons. The predicted octanol–water partition coefficient (Wildman–Crippen LogP) is 2.80. The third-order valence-corrected chi connectivity index (χ3v) is 3.21. The fourth-order valence-corrected chi connectivity index (χ4v) is 2.20. The van der Waals surface area contributed by atoms with Gasteiger partial charge in [0.25, 0.3) is 0 Å². The fourth-order valence-electron chi connectivity index (χ4n) is 2.20. The zero-order valence-electron chi connectivity index (χ0n) is 11.1. The van der Waals surface area contributed by atoms with Crippen LogP contribution in [0.2, 0.25) is 0 Å². The molecule has 1 aromatic rings. The van der Waals surface area contributed by atoms with Crippen LogP contribution >= 0.6 is 0 Å². The molecule has 0 radical (unpaired) electrons. The third-order valence-electron chi connectivity index (χ3n) is 3.21. The highest BCUT2D eigenvalue weighted by atomic mass is 15.4. The maximum atomic E-state index is 4.73. The number of aryl methyl sites for hydroxylation is 1. The highest BCUT2D eigenvalue weighted by Crippen LogP contribution is 2.29. The Labute approximate surface area is 98.4 Å². The van der Waals surface area contributed by atoms with Crippen molar-refractivity contribution in [3.05, 3.63) is 11.8 Å². The Morgan fingerprint density at radius 1 is 1.25 bits per heavy atom. The summed E-state index contributed by atoms with van der Waals surface area (Å²) in [5.41, 5.74) is 1.35. The number of fused-ring (bicyclic) bond motifs is 1. The number of hydrogen-bond donors (Lipinski definition) is 0. The molecule has 1 aromatic heterocycles. The van der Waals surface area contributed by atoms with Crippen LogP contribution in [-0.4, -0.2) is 22.4 Å². The van der Waals surface area contributed by atoms with E-state index in [9.17, 15) is 0 Å². The molecule has 0 N–H and O–H groups in total. The molecule has 3 nitrogen and oxygen atoms in total. The molecule has 0 saturated heterocycles. The molecule has 0 saturated carbocycles. The lowest BCUT2D eigenvalue weighted by atomic mass is 9.92. The average Bonchev–Trinajstić information content (AvgIpc) is 2.59. The lowest BCUT2D eigenvalue weighted by molar-refractivity contribution is 0.479. The minimum Gasteiger partial charge on any atom is -0.354 e. The quantitative estimate of drug-likeness (QED) is 0.727. The van der Waals surface area contributed by atoms with Crippen LogP contribution in [0.25, 0.3) is 0 Å². The first-order valence-electron chi connectivity index (χ1n) is 6.24. The first kappa shape index (κ1) is 11.5. The Bertz CT molecular complexity index is 371. The van der Waals surface area contributed by atoms with Crippen molar-refractivity contribution >= 4 is 5.82 Å². The molecule has 0 aliphatic carbocycles. The van der Waals surface area contributed by atoms with Crippen LogP contribution in [0.1, 0.15) is 46.7 Å². The molecular weight excluding hydrogens is 198 g/mol. The van der Waals surface area contributed by atoms with E-state index in [1.165, 1.54) is 17.9 Å². The van der Waals surface area contributed by atoms with Gasteiger partial charge >= 0.3 is 0 Å². The molecule has 0 fully saturated rings. The van der Waals surface area contributed by atoms with Gasteiger partial charge in [-0.25, -0.2) is 4.68 Å². The summed E-state index contributed by atoms with van der Waals surface area (Å²) < 4.78 is 2.17. The summed E-state index contributed by atoms with van der Waals surface area (Å²) in [5.74, 6) is 1.30. The number of nitrogens with zero attached hydrogens (tertiary/aromatic N) is 3. The topological polar surface area (TPSA) is 21.1 Å². The van der Waals surface area contributed by atoms with Crippen LogP contribution < -0.4 is 4.90 Å². The van der Waals surface area contributed by atoms with Crippen molar-refractivity contribution in [1.82, 2.24) is 9.78 Å². The first-order valence-corrected chi connectivity index (χ1v) is 6.24. The summed E-state index contributed by atoms with van der Waals surface area (Å²) in [5, 5.41) is 4.73. The predicted molar refractivity (Wildman–Crippen MR) is 68.0 cm³/mol. The van der Waals surface area contributed by atoms with Crippen LogP contribution in [0.4, 0.5) is 5.82 Å². The van der Waals surface area contributed by atoms with Crippen molar-refractivity contribution in [3.63, 3.8) is 0 Å². The van der Waals surface area contributed by atoms with Crippen LogP contribution in [0.15, 0.2) is 6.07 Å². The van der Waals surface area contributed by atoms with Gasteiger partial charge < -0.3 is 4.90 Å². The molecule has 0 unspecified atom stereocenters. The second-order valence-electron chi connectivity index (χ2n) is 6.00. The summed E-state index contributed by atoms with van der Waals surface area (Å²) in [6.45, 7) is 13.4. The van der Waals surface area contributed by atoms with Gasteiger partial charge in [0.1, 0.15) is 5.82 Å². The molecule has 0 atom stereocenters. The standard InChI is InChI=1S/C13H23N3/c1-10(2)15-7-6-8-16-12(15)9-11(14-16)13(3,4)5/h9-10H,6-8H2,1-5H3. The Morgan fingerprint density at radius 3 is 2.50 bits per heavy atom. The van der Waals surface area contributed by atoms with E-state index in [4.69, 9.17) is 5.10 Å². The zero-order chi connectivity index (χ0) is 11.9. The van der Waals surface area contributed by atoms with Gasteiger partial charge in [-0.1, -0.05) is 20.8 Å². The Kier molecular flexibility index (Phi) is 2.72. The van der Waals surface area contributed by atoms with Crippen LogP contribution in [0.5, 0.6) is 0 Å². The van der Waals surface area contributed by atoms with Gasteiger partial charge in [-0.3, -0.25) is 0 Å². The molecule has 1 aliphatic rings. The van der Waals surface area contributed by atoms with Gasteiger partial charge in [-0.05, 0) is 20.3 Å². The Morgan fingerprint density at radius 2 is 1.94 bits per heavy atom. The van der Waals surface area contributed by atoms with Gasteiger partial charge in [0, 0.05) is 30.6 Å². The summed E-state index contributed by atoms with van der Waals surface area (Å²) in [6.07, 6.45) is 1.20. The largest absolute Gasteiger partial charge is 0.354 e. The molecule has 0 aromatic carbocycles. The minimum atomic E-state index is 0.146. The maximum Gasteiger partial charge on any atom is 0.127 e. The second kappa shape index (κ2) is 3.79. The summed E-state index contributed by atoms with van der Waals surface area (Å²) >= 11 is 0. The fraction of sp³-hybridized carbons (Fsp3) is 0.769. The molecule has 3 heteroatoms. The molecule has 2 rings (SSSR count). The van der Waals surface area contributed by atoms with Gasteiger partial charge in [-0.15, -0.1) is 0 Å². The van der Waals surface area contributed by atoms with Crippen molar-refractivity contribution in [2.75, 3.05) is 11.4 Å². The second-order valence-corrected chi connectivity index (χ2v) is 6.00. The summed E-state index contributed by atoms with van der Waals surface area (Å²) in [6, 6.07) is 2.82. The van der Waals surface area contributed by atoms with Crippen LogP contribution in [-0.2, 0) is 12.0 Å². The molecule has 0 bridgehead atoms. The normalized spacial score (nSPS) is 16.8. The molecule has 1 aliphatic heterocycles. The monoisotopic (exact) mass is 221 g/mol. The maximum absolute atomic E-state index is 4.73. The summed E-state index contributed by atoms with van der Waals surface area (Å²) in [4.78, 5) is 2.45. The number of aromatic nitrogens is 2. The zero-order valence-corrected chi connectivity index (χ0v) is 11.1. The van der Waals surface area contributed by atoms with Crippen molar-refractivity contribution in [2.45, 2.75) is 59.0 Å². The number of anilines is 1. The van der Waals surface area contributed by atoms with E-state index in [0.29, 0.717) is 6.04 Å². The van der Waals surface area contributed by atoms with E-state index < -0.39 is 0 Å². The smallest absolute Gasteiger partial charge is 0.127 e. The van der Waals surface area contributed by atoms with Crippen molar-refractivity contribution in [2.24, 2.45) is 0 Å². The van der Waals surface area contributed by atoms with E-state index in [1.807, 2.05) is 0 Å². The van der Waals surface area contributed by atoms with Crippen molar-refractivity contribution in [1.29, 1.82) is 0 Å². The lowest BCUT2D eigenvalue weighted by Crippen LogP contribution is -2.37. The van der Waals surface area contributed by atoms with Crippen LogP contribution in [0.3, 0.4) is 0 Å². The summed E-state index contributed by atoms with van der Waals surface area (Å²) in [7, 11) is 0. The molecule has 0 amide bonds. The van der Waals surface area contributed by atoms with Crippen molar-refractivity contribution in [3.8, 4) is 0 Å². The van der Waals surface area contributed by atoms with Gasteiger partial charge in [0.15, 0.2) is 0 Å². The first-order chi connectivity index (χ1) is 7.39. The van der Waals surface area contributed by atoms with Crippen LogP contribution in [0, 0.1) is 0 Å². The van der Waals surface area contributed by atoms with E-state index >= 15 is 0 Å².